The van der Waals surface area contributed by atoms with Gasteiger partial charge in [0.15, 0.2) is 0 Å². The molecule has 61 valence electrons. The largest absolute Gasteiger partial charge is 0.325 e. The van der Waals surface area contributed by atoms with E-state index in [4.69, 9.17) is 15.5 Å². The van der Waals surface area contributed by atoms with Gasteiger partial charge in [0.25, 0.3) is 0 Å². The van der Waals surface area contributed by atoms with Crippen molar-refractivity contribution in [1.29, 1.82) is 0 Å². The van der Waals surface area contributed by atoms with E-state index in [1.54, 1.807) is 0 Å². The zero-order valence-electron chi connectivity index (χ0n) is 5.79. The monoisotopic (exact) mass is 166 g/mol. The summed E-state index contributed by atoms with van der Waals surface area (Å²) in [5.74, 6) is 0. The van der Waals surface area contributed by atoms with E-state index in [0.29, 0.717) is 13.0 Å². The molecule has 0 saturated heterocycles. The quantitative estimate of drug-likeness (QED) is 0.464. The molecule has 0 aliphatic heterocycles. The third kappa shape index (κ3) is 8.11. The zero-order chi connectivity index (χ0) is 8.04. The predicted molar refractivity (Wildman–Crippen MR) is 38.7 cm³/mol. The summed E-state index contributed by atoms with van der Waals surface area (Å²) < 4.78 is 10.2. The molecule has 1 radical (unpaired) electrons. The first kappa shape index (κ1) is 10.1. The molecule has 0 atom stereocenters. The highest BCUT2D eigenvalue weighted by Crippen LogP contribution is 2.35. The van der Waals surface area contributed by atoms with Gasteiger partial charge in [0, 0.05) is 12.7 Å². The van der Waals surface area contributed by atoms with Crippen LogP contribution in [0, 0.1) is 0 Å². The molecule has 0 aromatic heterocycles. The Morgan fingerprint density at radius 2 is 1.80 bits per heavy atom. The summed E-state index contributed by atoms with van der Waals surface area (Å²) in [7, 11) is -3.77. The van der Waals surface area contributed by atoms with Crippen LogP contribution < -0.4 is 5.73 Å². The minimum absolute atomic E-state index is 0.0347. The molecule has 0 amide bonds. The van der Waals surface area contributed by atoms with Crippen LogP contribution in [-0.4, -0.2) is 22.5 Å². The third-order valence-electron chi connectivity index (χ3n) is 1.13. The highest BCUT2D eigenvalue weighted by molar-refractivity contribution is 7.51. The molecule has 0 aromatic rings. The van der Waals surface area contributed by atoms with E-state index >= 15 is 0 Å². The summed E-state index contributed by atoms with van der Waals surface area (Å²) in [6.45, 7) is 0.348. The molecule has 0 unspecified atom stereocenters. The average molecular weight is 166 g/mol. The lowest BCUT2D eigenvalue weighted by Gasteiger charge is -2.01. The topological polar surface area (TPSA) is 81.3 Å². The molecule has 0 aliphatic carbocycles. The Kier molecular flexibility index (Phi) is 4.91. The predicted octanol–water partition coefficient (Wildman–Crippen LogP) is 0.617. The molecular weight excluding hydrogens is 153 g/mol. The lowest BCUT2D eigenvalue weighted by molar-refractivity contribution is 0.371. The van der Waals surface area contributed by atoms with Crippen molar-refractivity contribution in [2.24, 2.45) is 0 Å². The van der Waals surface area contributed by atoms with E-state index in [-0.39, 0.29) is 6.16 Å². The highest BCUT2D eigenvalue weighted by atomic mass is 31.2. The van der Waals surface area contributed by atoms with Gasteiger partial charge >= 0.3 is 7.60 Å². The summed E-state index contributed by atoms with van der Waals surface area (Å²) >= 11 is 0. The summed E-state index contributed by atoms with van der Waals surface area (Å²) in [5, 5.41) is 0. The van der Waals surface area contributed by atoms with Crippen LogP contribution in [0.4, 0.5) is 0 Å². The molecule has 5 heteroatoms. The Morgan fingerprint density at radius 1 is 1.20 bits per heavy atom. The van der Waals surface area contributed by atoms with Crippen LogP contribution in [0.3, 0.4) is 0 Å². The standard InChI is InChI=1S/C5H13NO3P/c6-4-2-1-3-5-10(7,8)9/h6H,1-5H2,(H2,7,8,9). The SMILES string of the molecule is [NH]CCCCCP(=O)(O)O. The van der Waals surface area contributed by atoms with Crippen LogP contribution in [-0.2, 0) is 4.57 Å². The van der Waals surface area contributed by atoms with E-state index in [1.165, 1.54) is 0 Å². The number of hydrogen-bond acceptors (Lipinski definition) is 1. The van der Waals surface area contributed by atoms with Crippen LogP contribution in [0.15, 0.2) is 0 Å². The Balaban J connectivity index is 3.13. The second-order valence-corrected chi connectivity index (χ2v) is 3.98. The van der Waals surface area contributed by atoms with E-state index in [1.807, 2.05) is 0 Å². The van der Waals surface area contributed by atoms with E-state index in [9.17, 15) is 4.57 Å². The molecule has 0 bridgehead atoms. The van der Waals surface area contributed by atoms with Crippen molar-refractivity contribution < 1.29 is 14.4 Å². The van der Waals surface area contributed by atoms with Crippen molar-refractivity contribution in [3.63, 3.8) is 0 Å². The Labute approximate surface area is 60.6 Å². The Morgan fingerprint density at radius 3 is 2.20 bits per heavy atom. The molecule has 0 aliphatic rings. The molecule has 10 heavy (non-hydrogen) atoms. The van der Waals surface area contributed by atoms with E-state index in [2.05, 4.69) is 0 Å². The summed E-state index contributed by atoms with van der Waals surface area (Å²) in [5.41, 5.74) is 6.74. The number of unbranched alkanes of at least 4 members (excludes halogenated alkanes) is 2. The van der Waals surface area contributed by atoms with Crippen molar-refractivity contribution in [1.82, 2.24) is 5.73 Å². The highest BCUT2D eigenvalue weighted by Gasteiger charge is 2.10. The van der Waals surface area contributed by atoms with Crippen LogP contribution in [0.5, 0.6) is 0 Å². The van der Waals surface area contributed by atoms with Gasteiger partial charge in [-0.25, -0.2) is 0 Å². The molecular formula is C5H13NO3P. The molecule has 0 saturated carbocycles. The second kappa shape index (κ2) is 4.85. The van der Waals surface area contributed by atoms with E-state index < -0.39 is 7.60 Å². The van der Waals surface area contributed by atoms with Gasteiger partial charge in [0.1, 0.15) is 0 Å². The number of nitrogens with one attached hydrogen (secondary N) is 1. The van der Waals surface area contributed by atoms with Crippen molar-refractivity contribution in [2.75, 3.05) is 12.7 Å². The third-order valence-corrected chi connectivity index (χ3v) is 2.02. The van der Waals surface area contributed by atoms with Gasteiger partial charge in [-0.3, -0.25) is 10.3 Å². The molecule has 0 fully saturated rings. The lowest BCUT2D eigenvalue weighted by Crippen LogP contribution is -1.90. The Hall–Kier alpha value is 0.110. The van der Waals surface area contributed by atoms with Crippen LogP contribution in [0.1, 0.15) is 19.3 Å². The van der Waals surface area contributed by atoms with Crippen LogP contribution >= 0.6 is 7.60 Å². The van der Waals surface area contributed by atoms with Gasteiger partial charge < -0.3 is 9.79 Å². The van der Waals surface area contributed by atoms with Crippen molar-refractivity contribution in [3.8, 4) is 0 Å². The maximum Gasteiger partial charge on any atom is 0.325 e. The second-order valence-electron chi connectivity index (χ2n) is 2.20. The summed E-state index contributed by atoms with van der Waals surface area (Å²) in [6.07, 6.45) is 1.98. The van der Waals surface area contributed by atoms with Crippen molar-refractivity contribution in [2.45, 2.75) is 19.3 Å². The van der Waals surface area contributed by atoms with Gasteiger partial charge in [-0.05, 0) is 12.8 Å². The van der Waals surface area contributed by atoms with Crippen molar-refractivity contribution >= 4 is 7.60 Å². The number of hydrogen-bond donors (Lipinski definition) is 2. The van der Waals surface area contributed by atoms with Crippen molar-refractivity contribution in [3.05, 3.63) is 0 Å². The van der Waals surface area contributed by atoms with Gasteiger partial charge in [-0.2, -0.15) is 0 Å². The molecule has 0 rings (SSSR count). The van der Waals surface area contributed by atoms with E-state index in [0.717, 1.165) is 12.8 Å². The van der Waals surface area contributed by atoms with Gasteiger partial charge in [-0.15, -0.1) is 0 Å². The van der Waals surface area contributed by atoms with Crippen LogP contribution in [0.25, 0.3) is 0 Å². The molecule has 3 N–H and O–H groups in total. The molecule has 4 nitrogen and oxygen atoms in total. The smallest absolute Gasteiger partial charge is 0.324 e. The summed E-state index contributed by atoms with van der Waals surface area (Å²) in [6, 6.07) is 0. The first-order chi connectivity index (χ1) is 4.56. The minimum Gasteiger partial charge on any atom is -0.324 e. The lowest BCUT2D eigenvalue weighted by atomic mass is 10.2. The normalized spacial score (nSPS) is 11.9. The zero-order valence-corrected chi connectivity index (χ0v) is 6.68. The minimum atomic E-state index is -3.77. The van der Waals surface area contributed by atoms with Gasteiger partial charge in [0.05, 0.1) is 0 Å². The average Bonchev–Trinajstić information content (AvgIpc) is 1.78. The summed E-state index contributed by atoms with van der Waals surface area (Å²) in [4.78, 5) is 16.8. The first-order valence-corrected chi connectivity index (χ1v) is 5.05. The Bertz CT molecular complexity index is 122. The number of rotatable bonds is 5. The first-order valence-electron chi connectivity index (χ1n) is 3.25. The molecule has 0 aromatic carbocycles. The fourth-order valence-corrected chi connectivity index (χ4v) is 1.26. The fourth-order valence-electron chi connectivity index (χ4n) is 0.620. The van der Waals surface area contributed by atoms with Gasteiger partial charge in [0.2, 0.25) is 0 Å². The fraction of sp³-hybridized carbons (Fsp3) is 1.00. The molecule has 0 spiro atoms. The molecule has 0 heterocycles. The maximum atomic E-state index is 10.2. The van der Waals surface area contributed by atoms with Gasteiger partial charge in [-0.1, -0.05) is 6.42 Å². The maximum absolute atomic E-state index is 10.2. The van der Waals surface area contributed by atoms with Crippen LogP contribution in [0.2, 0.25) is 0 Å².